The highest BCUT2D eigenvalue weighted by molar-refractivity contribution is 5.36. The van der Waals surface area contributed by atoms with Crippen LogP contribution in [-0.2, 0) is 12.8 Å². The van der Waals surface area contributed by atoms with E-state index < -0.39 is 6.10 Å². The molecule has 2 atom stereocenters. The van der Waals surface area contributed by atoms with Crippen LogP contribution in [0.2, 0.25) is 0 Å². The first kappa shape index (κ1) is 16.8. The molecule has 0 aliphatic heterocycles. The number of aromatic hydroxyl groups is 1. The fourth-order valence-corrected chi connectivity index (χ4v) is 3.38. The molecule has 0 amide bonds. The van der Waals surface area contributed by atoms with Crippen molar-refractivity contribution in [1.82, 2.24) is 5.32 Å². The molecule has 128 valence electrons. The van der Waals surface area contributed by atoms with Gasteiger partial charge >= 0.3 is 0 Å². The number of fused-ring (bicyclic) bond motifs is 1. The molecule has 0 saturated carbocycles. The maximum atomic E-state index is 10.3. The van der Waals surface area contributed by atoms with Gasteiger partial charge in [0.15, 0.2) is 0 Å². The van der Waals surface area contributed by atoms with Gasteiger partial charge in [-0.3, -0.25) is 0 Å². The second-order valence-corrected chi connectivity index (χ2v) is 6.51. The zero-order chi connectivity index (χ0) is 16.9. The highest BCUT2D eigenvalue weighted by Gasteiger charge is 2.19. The standard InChI is InChI=1S/C20H25NO3/c1-24-19-4-2-3-16(11-19)20(23)13-21-12-14-5-6-15-7-8-18(22)10-17(15)9-14/h2-4,7-8,10-11,14,20-23H,5-6,9,12-13H2,1H3. The van der Waals surface area contributed by atoms with E-state index in [2.05, 4.69) is 5.32 Å². The van der Waals surface area contributed by atoms with Crippen molar-refractivity contribution in [2.75, 3.05) is 20.2 Å². The van der Waals surface area contributed by atoms with E-state index in [4.69, 9.17) is 4.74 Å². The summed E-state index contributed by atoms with van der Waals surface area (Å²) in [5.41, 5.74) is 3.46. The van der Waals surface area contributed by atoms with Crippen molar-refractivity contribution < 1.29 is 14.9 Å². The second-order valence-electron chi connectivity index (χ2n) is 6.51. The number of aliphatic hydroxyl groups is 1. The number of nitrogens with one attached hydrogen (secondary N) is 1. The minimum absolute atomic E-state index is 0.343. The maximum absolute atomic E-state index is 10.3. The summed E-state index contributed by atoms with van der Waals surface area (Å²) in [5, 5.41) is 23.3. The van der Waals surface area contributed by atoms with Crippen molar-refractivity contribution >= 4 is 0 Å². The lowest BCUT2D eigenvalue weighted by atomic mass is 9.84. The van der Waals surface area contributed by atoms with Crippen molar-refractivity contribution in [3.63, 3.8) is 0 Å². The molecule has 4 heteroatoms. The van der Waals surface area contributed by atoms with Crippen LogP contribution in [-0.4, -0.2) is 30.4 Å². The van der Waals surface area contributed by atoms with Crippen LogP contribution >= 0.6 is 0 Å². The third-order valence-corrected chi connectivity index (χ3v) is 4.77. The van der Waals surface area contributed by atoms with Crippen molar-refractivity contribution in [2.24, 2.45) is 5.92 Å². The third-order valence-electron chi connectivity index (χ3n) is 4.77. The summed E-state index contributed by atoms with van der Waals surface area (Å²) in [7, 11) is 1.63. The van der Waals surface area contributed by atoms with E-state index in [1.165, 1.54) is 11.1 Å². The second kappa shape index (κ2) is 7.69. The minimum atomic E-state index is -0.542. The van der Waals surface area contributed by atoms with Crippen molar-refractivity contribution in [3.8, 4) is 11.5 Å². The predicted molar refractivity (Wildman–Crippen MR) is 94.4 cm³/mol. The summed E-state index contributed by atoms with van der Waals surface area (Å²) in [6.07, 6.45) is 2.63. The molecule has 3 N–H and O–H groups in total. The SMILES string of the molecule is COc1cccc(C(O)CNCC2CCc3ccc(O)cc3C2)c1. The van der Waals surface area contributed by atoms with Gasteiger partial charge in [-0.15, -0.1) is 0 Å². The molecule has 1 aliphatic rings. The number of phenols is 1. The number of aryl methyl sites for hydroxylation is 1. The largest absolute Gasteiger partial charge is 0.508 e. The van der Waals surface area contributed by atoms with Crippen LogP contribution in [0.25, 0.3) is 0 Å². The summed E-state index contributed by atoms with van der Waals surface area (Å²) in [6.45, 7) is 1.40. The molecule has 1 aliphatic carbocycles. The smallest absolute Gasteiger partial charge is 0.119 e. The Labute approximate surface area is 143 Å². The summed E-state index contributed by atoms with van der Waals surface area (Å²) >= 11 is 0. The number of methoxy groups -OCH3 is 1. The fraction of sp³-hybridized carbons (Fsp3) is 0.400. The Bertz CT molecular complexity index is 686. The number of phenolic OH excluding ortho intramolecular Hbond substituents is 1. The van der Waals surface area contributed by atoms with Crippen molar-refractivity contribution in [3.05, 3.63) is 59.2 Å². The molecule has 0 aromatic heterocycles. The quantitative estimate of drug-likeness (QED) is 0.763. The van der Waals surface area contributed by atoms with Crippen LogP contribution in [0.3, 0.4) is 0 Å². The average molecular weight is 327 g/mol. The summed E-state index contributed by atoms with van der Waals surface area (Å²) in [6, 6.07) is 13.2. The van der Waals surface area contributed by atoms with Crippen LogP contribution in [0.15, 0.2) is 42.5 Å². The van der Waals surface area contributed by atoms with Crippen LogP contribution in [0.1, 0.15) is 29.2 Å². The van der Waals surface area contributed by atoms with Gasteiger partial charge in [0, 0.05) is 6.54 Å². The van der Waals surface area contributed by atoms with Crippen molar-refractivity contribution in [2.45, 2.75) is 25.4 Å². The molecular weight excluding hydrogens is 302 g/mol. The molecule has 2 aromatic carbocycles. The molecule has 0 heterocycles. The highest BCUT2D eigenvalue weighted by atomic mass is 16.5. The van der Waals surface area contributed by atoms with Crippen LogP contribution in [0.5, 0.6) is 11.5 Å². The number of hydrogen-bond acceptors (Lipinski definition) is 4. The van der Waals surface area contributed by atoms with Gasteiger partial charge in [-0.05, 0) is 72.7 Å². The first-order chi connectivity index (χ1) is 11.7. The molecule has 4 nitrogen and oxygen atoms in total. The van der Waals surface area contributed by atoms with Gasteiger partial charge < -0.3 is 20.3 Å². The summed E-state index contributed by atoms with van der Waals surface area (Å²) < 4.78 is 5.20. The van der Waals surface area contributed by atoms with Crippen molar-refractivity contribution in [1.29, 1.82) is 0 Å². The number of hydrogen-bond donors (Lipinski definition) is 3. The molecular formula is C20H25NO3. The molecule has 0 saturated heterocycles. The number of ether oxygens (including phenoxy) is 1. The lowest BCUT2D eigenvalue weighted by molar-refractivity contribution is 0.171. The van der Waals surface area contributed by atoms with E-state index in [1.807, 2.05) is 36.4 Å². The van der Waals surface area contributed by atoms with Gasteiger partial charge in [-0.25, -0.2) is 0 Å². The van der Waals surface area contributed by atoms with Gasteiger partial charge in [-0.1, -0.05) is 18.2 Å². The van der Waals surface area contributed by atoms with Crippen LogP contribution < -0.4 is 10.1 Å². The number of rotatable bonds is 6. The van der Waals surface area contributed by atoms with E-state index in [0.29, 0.717) is 18.2 Å². The Balaban J connectivity index is 1.50. The average Bonchev–Trinajstić information content (AvgIpc) is 2.61. The Morgan fingerprint density at radius 3 is 2.92 bits per heavy atom. The third kappa shape index (κ3) is 4.08. The Morgan fingerprint density at radius 2 is 2.08 bits per heavy atom. The molecule has 0 bridgehead atoms. The summed E-state index contributed by atoms with van der Waals surface area (Å²) in [4.78, 5) is 0. The topological polar surface area (TPSA) is 61.7 Å². The predicted octanol–water partition coefficient (Wildman–Crippen LogP) is 2.83. The fourth-order valence-electron chi connectivity index (χ4n) is 3.38. The van der Waals surface area contributed by atoms with Crippen LogP contribution in [0.4, 0.5) is 0 Å². The molecule has 0 spiro atoms. The van der Waals surface area contributed by atoms with Gasteiger partial charge in [0.2, 0.25) is 0 Å². The Hall–Kier alpha value is -2.04. The van der Waals surface area contributed by atoms with Crippen LogP contribution in [0, 0.1) is 5.92 Å². The molecule has 3 rings (SSSR count). The Morgan fingerprint density at radius 1 is 1.21 bits per heavy atom. The number of aliphatic hydroxyl groups excluding tert-OH is 1. The number of benzene rings is 2. The van der Waals surface area contributed by atoms with Gasteiger partial charge in [0.05, 0.1) is 13.2 Å². The Kier molecular flexibility index (Phi) is 5.38. The highest BCUT2D eigenvalue weighted by Crippen LogP contribution is 2.28. The van der Waals surface area contributed by atoms with Gasteiger partial charge in [0.25, 0.3) is 0 Å². The normalized spacial score (nSPS) is 18.0. The zero-order valence-electron chi connectivity index (χ0n) is 14.0. The molecule has 2 unspecified atom stereocenters. The van der Waals surface area contributed by atoms with E-state index in [9.17, 15) is 10.2 Å². The van der Waals surface area contributed by atoms with E-state index in [0.717, 1.165) is 37.1 Å². The monoisotopic (exact) mass is 327 g/mol. The minimum Gasteiger partial charge on any atom is -0.508 e. The summed E-state index contributed by atoms with van der Waals surface area (Å²) in [5.74, 6) is 1.64. The lowest BCUT2D eigenvalue weighted by Crippen LogP contribution is -2.30. The first-order valence-electron chi connectivity index (χ1n) is 8.49. The molecule has 24 heavy (non-hydrogen) atoms. The molecule has 2 aromatic rings. The first-order valence-corrected chi connectivity index (χ1v) is 8.49. The van der Waals surface area contributed by atoms with Gasteiger partial charge in [-0.2, -0.15) is 0 Å². The lowest BCUT2D eigenvalue weighted by Gasteiger charge is -2.25. The van der Waals surface area contributed by atoms with E-state index in [1.54, 1.807) is 13.2 Å². The zero-order valence-corrected chi connectivity index (χ0v) is 14.0. The maximum Gasteiger partial charge on any atom is 0.119 e. The van der Waals surface area contributed by atoms with E-state index in [-0.39, 0.29) is 0 Å². The molecule has 0 radical (unpaired) electrons. The van der Waals surface area contributed by atoms with Gasteiger partial charge in [0.1, 0.15) is 11.5 Å². The van der Waals surface area contributed by atoms with E-state index >= 15 is 0 Å². The molecule has 0 fully saturated rings.